The molecule has 126 valence electrons. The minimum Gasteiger partial charge on any atom is -0.332 e. The molecule has 1 aliphatic heterocycles. The van der Waals surface area contributed by atoms with Crippen molar-refractivity contribution in [3.05, 3.63) is 70.8 Å². The van der Waals surface area contributed by atoms with Crippen LogP contribution in [0.15, 0.2) is 48.5 Å². The second kappa shape index (κ2) is 7.31. The van der Waals surface area contributed by atoms with E-state index >= 15 is 0 Å². The first-order chi connectivity index (χ1) is 11.6. The van der Waals surface area contributed by atoms with E-state index in [1.54, 1.807) is 6.26 Å². The van der Waals surface area contributed by atoms with Gasteiger partial charge < -0.3 is 4.90 Å². The molecule has 1 fully saturated rings. The Labute approximate surface area is 146 Å². The molecule has 0 radical (unpaired) electrons. The van der Waals surface area contributed by atoms with Crippen LogP contribution >= 0.6 is 0 Å². The molecule has 2 aromatic carbocycles. The zero-order valence-electron chi connectivity index (χ0n) is 14.2. The number of aryl methyl sites for hydroxylation is 1. The number of amides is 1. The van der Waals surface area contributed by atoms with Gasteiger partial charge in [-0.2, -0.15) is 0 Å². The number of rotatable bonds is 4. The molecular formula is C20H23NO2S. The maximum absolute atomic E-state index is 13.0. The summed E-state index contributed by atoms with van der Waals surface area (Å²) in [7, 11) is -0.905. The first-order valence-electron chi connectivity index (χ1n) is 8.31. The lowest BCUT2D eigenvalue weighted by Crippen LogP contribution is -2.31. The maximum atomic E-state index is 13.0. The van der Waals surface area contributed by atoms with Gasteiger partial charge in [-0.1, -0.05) is 36.4 Å². The monoisotopic (exact) mass is 341 g/mol. The summed E-state index contributed by atoms with van der Waals surface area (Å²) in [5.74, 6) is 0.562. The third-order valence-electron chi connectivity index (χ3n) is 4.60. The summed E-state index contributed by atoms with van der Waals surface area (Å²) < 4.78 is 11.4. The lowest BCUT2D eigenvalue weighted by atomic mass is 9.99. The molecule has 0 spiro atoms. The molecule has 1 heterocycles. The van der Waals surface area contributed by atoms with Gasteiger partial charge in [-0.25, -0.2) is 0 Å². The molecule has 3 nitrogen and oxygen atoms in total. The number of nitrogens with zero attached hydrogens (tertiary/aromatic N) is 1. The minimum absolute atomic E-state index is 0.0736. The molecule has 1 amide bonds. The van der Waals surface area contributed by atoms with E-state index in [9.17, 15) is 9.00 Å². The Hall–Kier alpha value is -1.94. The van der Waals surface area contributed by atoms with Gasteiger partial charge in [0.1, 0.15) is 0 Å². The Morgan fingerprint density at radius 3 is 2.75 bits per heavy atom. The minimum atomic E-state index is -0.905. The van der Waals surface area contributed by atoms with Crippen LogP contribution in [0, 0.1) is 6.92 Å². The van der Waals surface area contributed by atoms with Gasteiger partial charge in [0.15, 0.2) is 0 Å². The van der Waals surface area contributed by atoms with E-state index in [1.165, 1.54) is 11.1 Å². The predicted molar refractivity (Wildman–Crippen MR) is 98.4 cm³/mol. The number of hydrogen-bond acceptors (Lipinski definition) is 2. The van der Waals surface area contributed by atoms with Gasteiger partial charge in [0.25, 0.3) is 5.91 Å². The van der Waals surface area contributed by atoms with E-state index in [2.05, 4.69) is 19.1 Å². The SMILES string of the molecule is Cc1ccccc1C1CCCN1C(=O)c1cccc(CS(C)=O)c1. The third kappa shape index (κ3) is 3.59. The van der Waals surface area contributed by atoms with E-state index in [0.29, 0.717) is 11.3 Å². The Balaban J connectivity index is 1.86. The van der Waals surface area contributed by atoms with Crippen molar-refractivity contribution in [3.8, 4) is 0 Å². The maximum Gasteiger partial charge on any atom is 0.254 e. The molecule has 24 heavy (non-hydrogen) atoms. The summed E-state index contributed by atoms with van der Waals surface area (Å²) in [6.07, 6.45) is 3.72. The number of benzene rings is 2. The molecule has 1 saturated heterocycles. The summed E-state index contributed by atoms with van der Waals surface area (Å²) in [4.78, 5) is 15.0. The molecule has 0 saturated carbocycles. The highest BCUT2D eigenvalue weighted by atomic mass is 32.2. The second-order valence-corrected chi connectivity index (χ2v) is 7.87. The van der Waals surface area contributed by atoms with Crippen molar-refractivity contribution in [2.24, 2.45) is 0 Å². The van der Waals surface area contributed by atoms with E-state index in [0.717, 1.165) is 24.9 Å². The fourth-order valence-corrected chi connectivity index (χ4v) is 4.14. The van der Waals surface area contributed by atoms with Crippen LogP contribution in [0.1, 0.15) is 45.9 Å². The van der Waals surface area contributed by atoms with Crippen LogP contribution in [-0.2, 0) is 16.6 Å². The Bertz CT molecular complexity index is 772. The zero-order valence-corrected chi connectivity index (χ0v) is 15.0. The summed E-state index contributed by atoms with van der Waals surface area (Å²) in [6.45, 7) is 2.90. The highest BCUT2D eigenvalue weighted by Crippen LogP contribution is 2.34. The lowest BCUT2D eigenvalue weighted by molar-refractivity contribution is 0.0735. The van der Waals surface area contributed by atoms with Gasteiger partial charge in [-0.05, 0) is 48.6 Å². The lowest BCUT2D eigenvalue weighted by Gasteiger charge is -2.26. The fraction of sp³-hybridized carbons (Fsp3) is 0.350. The van der Waals surface area contributed by atoms with Crippen molar-refractivity contribution in [1.82, 2.24) is 4.90 Å². The molecule has 1 aliphatic rings. The largest absolute Gasteiger partial charge is 0.332 e. The topological polar surface area (TPSA) is 37.4 Å². The van der Waals surface area contributed by atoms with Gasteiger partial charge in [-0.15, -0.1) is 0 Å². The summed E-state index contributed by atoms with van der Waals surface area (Å²) in [5, 5.41) is 0. The molecule has 0 aliphatic carbocycles. The van der Waals surface area contributed by atoms with Crippen LogP contribution in [-0.4, -0.2) is 27.8 Å². The smallest absolute Gasteiger partial charge is 0.254 e. The van der Waals surface area contributed by atoms with Gasteiger partial charge in [0.2, 0.25) is 0 Å². The summed E-state index contributed by atoms with van der Waals surface area (Å²) in [5.41, 5.74) is 4.12. The van der Waals surface area contributed by atoms with Crippen LogP contribution < -0.4 is 0 Å². The van der Waals surface area contributed by atoms with Crippen LogP contribution in [0.4, 0.5) is 0 Å². The normalized spacial score (nSPS) is 18.6. The average molecular weight is 341 g/mol. The van der Waals surface area contributed by atoms with Crippen molar-refractivity contribution < 1.29 is 9.00 Å². The highest BCUT2D eigenvalue weighted by molar-refractivity contribution is 7.83. The standard InChI is InChI=1S/C20H23NO2S/c1-15-7-3-4-10-18(15)19-11-6-12-21(19)20(22)17-9-5-8-16(13-17)14-24(2)23/h3-5,7-10,13,19H,6,11-12,14H2,1-2H3. The molecule has 0 bridgehead atoms. The Morgan fingerprint density at radius 2 is 2.00 bits per heavy atom. The van der Waals surface area contributed by atoms with Crippen LogP contribution in [0.5, 0.6) is 0 Å². The number of carbonyl (C=O) groups is 1. The molecular weight excluding hydrogens is 318 g/mol. The van der Waals surface area contributed by atoms with Gasteiger partial charge >= 0.3 is 0 Å². The first-order valence-corrected chi connectivity index (χ1v) is 10.0. The van der Waals surface area contributed by atoms with Gasteiger partial charge in [-0.3, -0.25) is 9.00 Å². The van der Waals surface area contributed by atoms with Crippen molar-refractivity contribution in [2.45, 2.75) is 31.6 Å². The van der Waals surface area contributed by atoms with Crippen LogP contribution in [0.3, 0.4) is 0 Å². The van der Waals surface area contributed by atoms with Crippen molar-refractivity contribution in [2.75, 3.05) is 12.8 Å². The van der Waals surface area contributed by atoms with Gasteiger partial charge in [0, 0.05) is 34.9 Å². The average Bonchev–Trinajstić information content (AvgIpc) is 3.03. The molecule has 4 heteroatoms. The molecule has 2 unspecified atom stereocenters. The molecule has 0 aromatic heterocycles. The van der Waals surface area contributed by atoms with Crippen molar-refractivity contribution in [3.63, 3.8) is 0 Å². The third-order valence-corrected chi connectivity index (χ3v) is 5.34. The van der Waals surface area contributed by atoms with E-state index < -0.39 is 10.8 Å². The molecule has 0 N–H and O–H groups in total. The summed E-state index contributed by atoms with van der Waals surface area (Å²) >= 11 is 0. The molecule has 3 rings (SSSR count). The van der Waals surface area contributed by atoms with Crippen LogP contribution in [0.2, 0.25) is 0 Å². The van der Waals surface area contributed by atoms with E-state index in [1.807, 2.05) is 41.3 Å². The highest BCUT2D eigenvalue weighted by Gasteiger charge is 2.31. The van der Waals surface area contributed by atoms with Crippen molar-refractivity contribution >= 4 is 16.7 Å². The number of likely N-dealkylation sites (tertiary alicyclic amines) is 1. The van der Waals surface area contributed by atoms with Gasteiger partial charge in [0.05, 0.1) is 6.04 Å². The second-order valence-electron chi connectivity index (χ2n) is 6.43. The van der Waals surface area contributed by atoms with Crippen molar-refractivity contribution in [1.29, 1.82) is 0 Å². The number of carbonyl (C=O) groups excluding carboxylic acids is 1. The molecule has 2 atom stereocenters. The predicted octanol–water partition coefficient (Wildman–Crippen LogP) is 3.85. The Morgan fingerprint density at radius 1 is 1.21 bits per heavy atom. The van der Waals surface area contributed by atoms with E-state index in [-0.39, 0.29) is 11.9 Å². The Kier molecular flexibility index (Phi) is 5.14. The fourth-order valence-electron chi connectivity index (χ4n) is 3.49. The zero-order chi connectivity index (χ0) is 17.1. The first kappa shape index (κ1) is 16.9. The summed E-state index contributed by atoms with van der Waals surface area (Å²) in [6, 6.07) is 16.0. The molecule has 2 aromatic rings. The quantitative estimate of drug-likeness (QED) is 0.847. The number of hydrogen-bond donors (Lipinski definition) is 0. The van der Waals surface area contributed by atoms with E-state index in [4.69, 9.17) is 0 Å². The van der Waals surface area contributed by atoms with Crippen LogP contribution in [0.25, 0.3) is 0 Å².